The van der Waals surface area contributed by atoms with Gasteiger partial charge in [-0.15, -0.1) is 0 Å². The minimum atomic E-state index is 0.948. The smallest absolute Gasteiger partial charge is 0.0685 e. The van der Waals surface area contributed by atoms with E-state index in [4.69, 9.17) is 0 Å². The Hall–Kier alpha value is -3.98. The lowest BCUT2D eigenvalue weighted by atomic mass is 9.86. The molecule has 0 saturated carbocycles. The molecular weight excluding hydrogens is 438 g/mol. The number of rotatable bonds is 1. The van der Waals surface area contributed by atoms with Gasteiger partial charge in [-0.25, -0.2) is 0 Å². The van der Waals surface area contributed by atoms with E-state index in [1.807, 2.05) is 36.4 Å². The van der Waals surface area contributed by atoms with Gasteiger partial charge in [0.1, 0.15) is 0 Å². The molecule has 3 aromatic carbocycles. The molecule has 3 nitrogen and oxygen atoms in total. The number of aliphatic imine (C=N–C) groups is 1. The van der Waals surface area contributed by atoms with E-state index in [1.54, 1.807) is 16.7 Å². The predicted molar refractivity (Wildman–Crippen MR) is 150 cm³/mol. The first-order chi connectivity index (χ1) is 17.7. The minimum absolute atomic E-state index is 0.948. The number of aromatic nitrogens is 2. The van der Waals surface area contributed by atoms with Gasteiger partial charge in [-0.3, -0.25) is 9.67 Å². The lowest BCUT2D eigenvalue weighted by Gasteiger charge is -2.19. The average molecular weight is 470 g/mol. The Morgan fingerprint density at radius 1 is 0.806 bits per heavy atom. The minimum Gasteiger partial charge on any atom is -0.269 e. The molecular formula is C33H31N3. The van der Waals surface area contributed by atoms with Gasteiger partial charge >= 0.3 is 0 Å². The standard InChI is InChI=1S/C23H22N2.C10H9N/c1-15-5-3-6-17-16(15)9-10-20-18-7-4-8-22(21(18)12-11-19(17)20)23-13-14-24-25(23)2;1-2-4-10-6-8-11-7-5-9(10)3-1/h4,7-10,12-14H,3,5-6,11H2,1-2H3;1-5,7-8H,6H2. The fourth-order valence-corrected chi connectivity index (χ4v) is 5.83. The number of fused-ring (bicyclic) bond motifs is 5. The van der Waals surface area contributed by atoms with Crippen LogP contribution < -0.4 is 10.4 Å². The van der Waals surface area contributed by atoms with E-state index < -0.39 is 0 Å². The lowest BCUT2D eigenvalue weighted by molar-refractivity contribution is 0.775. The van der Waals surface area contributed by atoms with Crippen LogP contribution in [-0.2, 0) is 26.3 Å². The van der Waals surface area contributed by atoms with Crippen LogP contribution in [0.4, 0.5) is 0 Å². The van der Waals surface area contributed by atoms with Crippen molar-refractivity contribution in [3.63, 3.8) is 0 Å². The van der Waals surface area contributed by atoms with Crippen molar-refractivity contribution < 1.29 is 0 Å². The molecule has 36 heavy (non-hydrogen) atoms. The van der Waals surface area contributed by atoms with Crippen molar-refractivity contribution in [2.75, 3.05) is 0 Å². The Bertz CT molecular complexity index is 1730. The quantitative estimate of drug-likeness (QED) is 0.362. The third kappa shape index (κ3) is 4.05. The van der Waals surface area contributed by atoms with Gasteiger partial charge in [-0.1, -0.05) is 66.2 Å². The van der Waals surface area contributed by atoms with Crippen molar-refractivity contribution in [3.8, 4) is 11.3 Å². The number of hydrogen-bond acceptors (Lipinski definition) is 2. The van der Waals surface area contributed by atoms with Crippen molar-refractivity contribution in [3.05, 3.63) is 116 Å². The van der Waals surface area contributed by atoms with Crippen LogP contribution >= 0.6 is 0 Å². The molecule has 0 spiro atoms. The van der Waals surface area contributed by atoms with Gasteiger partial charge in [0.25, 0.3) is 0 Å². The zero-order valence-electron chi connectivity index (χ0n) is 21.0. The summed E-state index contributed by atoms with van der Waals surface area (Å²) in [5.41, 5.74) is 9.79. The average Bonchev–Trinajstić information content (AvgIpc) is 3.19. The summed E-state index contributed by atoms with van der Waals surface area (Å²) in [7, 11) is 2.01. The van der Waals surface area contributed by atoms with Crippen LogP contribution in [0, 0.1) is 10.4 Å². The highest BCUT2D eigenvalue weighted by Gasteiger charge is 2.15. The van der Waals surface area contributed by atoms with Crippen LogP contribution in [0.3, 0.4) is 0 Å². The molecule has 0 bridgehead atoms. The molecule has 2 heterocycles. The summed E-state index contributed by atoms with van der Waals surface area (Å²) in [6.07, 6.45) is 15.9. The fraction of sp³-hybridized carbons (Fsp3) is 0.212. The van der Waals surface area contributed by atoms with Crippen LogP contribution in [0.15, 0.2) is 78.1 Å². The maximum atomic E-state index is 4.35. The van der Waals surface area contributed by atoms with Crippen LogP contribution in [-0.4, -0.2) is 16.0 Å². The van der Waals surface area contributed by atoms with E-state index in [-0.39, 0.29) is 0 Å². The Kier molecular flexibility index (Phi) is 5.98. The van der Waals surface area contributed by atoms with Gasteiger partial charge in [0.05, 0.1) is 5.69 Å². The largest absolute Gasteiger partial charge is 0.269 e. The molecule has 1 aromatic heterocycles. The SMILES string of the molecule is C1=Cc2ccccc2CC=N1.CC1=c2ccc3c(c2CCC1)CC=c1c(-c2ccnn2C)cccc1=3. The summed E-state index contributed by atoms with van der Waals surface area (Å²) in [4.78, 5) is 4.08. The van der Waals surface area contributed by atoms with E-state index in [0.29, 0.717) is 0 Å². The van der Waals surface area contributed by atoms with E-state index >= 15 is 0 Å². The van der Waals surface area contributed by atoms with E-state index in [9.17, 15) is 0 Å². The molecule has 3 heteroatoms. The fourth-order valence-electron chi connectivity index (χ4n) is 5.83. The van der Waals surface area contributed by atoms with Gasteiger partial charge in [0.15, 0.2) is 0 Å². The highest BCUT2D eigenvalue weighted by Crippen LogP contribution is 2.22. The van der Waals surface area contributed by atoms with Crippen LogP contribution in [0.5, 0.6) is 0 Å². The van der Waals surface area contributed by atoms with Crippen molar-refractivity contribution in [1.29, 1.82) is 0 Å². The molecule has 7 rings (SSSR count). The van der Waals surface area contributed by atoms with Gasteiger partial charge in [0.2, 0.25) is 0 Å². The molecule has 0 N–H and O–H groups in total. The molecule has 0 amide bonds. The highest BCUT2D eigenvalue weighted by molar-refractivity contribution is 5.70. The van der Waals surface area contributed by atoms with Crippen LogP contribution in [0.2, 0.25) is 0 Å². The van der Waals surface area contributed by atoms with E-state index in [0.717, 1.165) is 12.8 Å². The molecule has 3 aliphatic rings. The summed E-state index contributed by atoms with van der Waals surface area (Å²) < 4.78 is 1.96. The van der Waals surface area contributed by atoms with Crippen LogP contribution in [0.25, 0.3) is 29.0 Å². The van der Waals surface area contributed by atoms with Crippen LogP contribution in [0.1, 0.15) is 42.0 Å². The third-order valence-electron chi connectivity index (χ3n) is 7.68. The van der Waals surface area contributed by atoms with Gasteiger partial charge < -0.3 is 0 Å². The second kappa shape index (κ2) is 9.58. The molecule has 1 aliphatic heterocycles. The number of hydrogen-bond donors (Lipinski definition) is 0. The molecule has 0 unspecified atom stereocenters. The Balaban J connectivity index is 0.000000183. The number of aryl methyl sites for hydroxylation is 1. The molecule has 0 fully saturated rings. The normalized spacial score (nSPS) is 14.9. The molecule has 2 aliphatic carbocycles. The van der Waals surface area contributed by atoms with E-state index in [2.05, 4.69) is 83.8 Å². The van der Waals surface area contributed by atoms with Crippen molar-refractivity contribution in [2.24, 2.45) is 12.0 Å². The number of nitrogens with zero attached hydrogens (tertiary/aromatic N) is 3. The molecule has 0 saturated heterocycles. The maximum Gasteiger partial charge on any atom is 0.0685 e. The van der Waals surface area contributed by atoms with Crippen molar-refractivity contribution in [1.82, 2.24) is 9.78 Å². The van der Waals surface area contributed by atoms with Crippen molar-refractivity contribution >= 4 is 23.9 Å². The summed E-state index contributed by atoms with van der Waals surface area (Å²) >= 11 is 0. The first kappa shape index (κ1) is 22.5. The van der Waals surface area contributed by atoms with Gasteiger partial charge in [0, 0.05) is 37.6 Å². The second-order valence-electron chi connectivity index (χ2n) is 9.82. The third-order valence-corrected chi connectivity index (χ3v) is 7.68. The Labute approximate surface area is 212 Å². The summed E-state index contributed by atoms with van der Waals surface area (Å²) in [6.45, 7) is 2.30. The summed E-state index contributed by atoms with van der Waals surface area (Å²) in [6, 6.07) is 21.8. The molecule has 0 atom stereocenters. The topological polar surface area (TPSA) is 30.2 Å². The zero-order valence-corrected chi connectivity index (χ0v) is 21.0. The molecule has 178 valence electrons. The van der Waals surface area contributed by atoms with Gasteiger partial charge in [-0.2, -0.15) is 5.10 Å². The summed E-state index contributed by atoms with van der Waals surface area (Å²) in [5, 5.41) is 10.0. The Morgan fingerprint density at radius 2 is 1.69 bits per heavy atom. The lowest BCUT2D eigenvalue weighted by Crippen LogP contribution is -2.22. The first-order valence-electron chi connectivity index (χ1n) is 12.9. The maximum absolute atomic E-state index is 4.35. The van der Waals surface area contributed by atoms with Crippen molar-refractivity contribution in [2.45, 2.75) is 39.0 Å². The molecule has 0 radical (unpaired) electrons. The second-order valence-corrected chi connectivity index (χ2v) is 9.82. The predicted octanol–water partition coefficient (Wildman–Crippen LogP) is 5.50. The highest BCUT2D eigenvalue weighted by atomic mass is 15.3. The monoisotopic (exact) mass is 469 g/mol. The zero-order chi connectivity index (χ0) is 24.5. The first-order valence-corrected chi connectivity index (χ1v) is 12.9. The number of benzene rings is 3. The molecule has 4 aromatic rings. The van der Waals surface area contributed by atoms with E-state index in [1.165, 1.54) is 62.5 Å². The Morgan fingerprint density at radius 3 is 2.58 bits per heavy atom. The van der Waals surface area contributed by atoms with Gasteiger partial charge in [-0.05, 0) is 87.9 Å². The summed E-state index contributed by atoms with van der Waals surface area (Å²) in [5.74, 6) is 0.